The number of anilines is 1. The molecule has 1 aromatic carbocycles. The molecule has 2 nitrogen and oxygen atoms in total. The van der Waals surface area contributed by atoms with E-state index < -0.39 is 0 Å². The third-order valence-corrected chi connectivity index (χ3v) is 1.66. The third-order valence-electron chi connectivity index (χ3n) is 1.66. The molecule has 0 bridgehead atoms. The first-order valence-corrected chi connectivity index (χ1v) is 3.78. The molecule has 0 amide bonds. The van der Waals surface area contributed by atoms with E-state index >= 15 is 0 Å². The molecule has 0 saturated heterocycles. The van der Waals surface area contributed by atoms with Gasteiger partial charge in [0.25, 0.3) is 0 Å². The molecule has 3 heteroatoms. The van der Waals surface area contributed by atoms with Gasteiger partial charge >= 0.3 is 0 Å². The fourth-order valence-corrected chi connectivity index (χ4v) is 1.09. The molecule has 0 radical (unpaired) electrons. The second-order valence-corrected chi connectivity index (χ2v) is 2.56. The van der Waals surface area contributed by atoms with E-state index in [1.54, 1.807) is 12.1 Å². The van der Waals surface area contributed by atoms with Crippen LogP contribution in [0.4, 0.5) is 10.1 Å². The molecule has 0 aliphatic carbocycles. The Labute approximate surface area is 72.2 Å². The van der Waals surface area contributed by atoms with Crippen LogP contribution in [0.2, 0.25) is 0 Å². The molecule has 1 aromatic rings. The van der Waals surface area contributed by atoms with Crippen LogP contribution in [0.25, 0.3) is 0 Å². The van der Waals surface area contributed by atoms with E-state index in [4.69, 9.17) is 5.73 Å². The van der Waals surface area contributed by atoms with Crippen LogP contribution in [0, 0.1) is 5.82 Å². The van der Waals surface area contributed by atoms with Gasteiger partial charge in [-0.05, 0) is 18.6 Å². The predicted octanol–water partition coefficient (Wildman–Crippen LogP) is 2.52. The Balaban J connectivity index is 0.00000121. The van der Waals surface area contributed by atoms with Crippen molar-refractivity contribution in [1.29, 1.82) is 0 Å². The quantitative estimate of drug-likeness (QED) is 0.670. The van der Waals surface area contributed by atoms with Crippen molar-refractivity contribution in [2.75, 3.05) is 5.73 Å². The molecule has 0 spiro atoms. The second-order valence-electron chi connectivity index (χ2n) is 2.56. The minimum Gasteiger partial charge on any atom is -0.398 e. The molecular formula is C9H15FN2. The molecule has 0 fully saturated rings. The monoisotopic (exact) mass is 170 g/mol. The lowest BCUT2D eigenvalue weighted by molar-refractivity contribution is 0.608. The lowest BCUT2D eigenvalue weighted by Crippen LogP contribution is -1.96. The van der Waals surface area contributed by atoms with Gasteiger partial charge in [0.2, 0.25) is 0 Å². The third kappa shape index (κ3) is 2.20. The molecule has 0 aromatic heterocycles. The van der Waals surface area contributed by atoms with Gasteiger partial charge in [-0.2, -0.15) is 0 Å². The van der Waals surface area contributed by atoms with Crippen molar-refractivity contribution >= 4 is 5.69 Å². The normalized spacial score (nSPS) is 9.17. The number of hydrogen-bond acceptors (Lipinski definition) is 2. The zero-order valence-corrected chi connectivity index (χ0v) is 7.31. The molecule has 0 atom stereocenters. The maximum Gasteiger partial charge on any atom is 0.128 e. The molecule has 5 N–H and O–H groups in total. The first kappa shape index (κ1) is 10.9. The fourth-order valence-electron chi connectivity index (χ4n) is 1.09. The summed E-state index contributed by atoms with van der Waals surface area (Å²) in [4.78, 5) is 0. The SMILES string of the molecule is CCCc1c(N)cccc1F.N. The molecule has 0 heterocycles. The average Bonchev–Trinajstić information content (AvgIpc) is 1.97. The van der Waals surface area contributed by atoms with E-state index in [0.717, 1.165) is 12.8 Å². The highest BCUT2D eigenvalue weighted by Crippen LogP contribution is 2.16. The van der Waals surface area contributed by atoms with E-state index in [0.29, 0.717) is 11.3 Å². The summed E-state index contributed by atoms with van der Waals surface area (Å²) in [6, 6.07) is 4.80. The molecule has 0 aliphatic rings. The number of hydrogen-bond donors (Lipinski definition) is 2. The van der Waals surface area contributed by atoms with Gasteiger partial charge in [-0.1, -0.05) is 19.4 Å². The summed E-state index contributed by atoms with van der Waals surface area (Å²) >= 11 is 0. The van der Waals surface area contributed by atoms with E-state index in [9.17, 15) is 4.39 Å². The van der Waals surface area contributed by atoms with Crippen molar-refractivity contribution in [3.63, 3.8) is 0 Å². The number of nitrogens with two attached hydrogens (primary N) is 1. The minimum atomic E-state index is -0.188. The Morgan fingerprint density at radius 1 is 1.42 bits per heavy atom. The first-order valence-electron chi connectivity index (χ1n) is 3.78. The van der Waals surface area contributed by atoms with Crippen LogP contribution in [0.5, 0.6) is 0 Å². The summed E-state index contributed by atoms with van der Waals surface area (Å²) in [6.07, 6.45) is 1.64. The van der Waals surface area contributed by atoms with Crippen LogP contribution in [0.15, 0.2) is 18.2 Å². The Bertz CT molecular complexity index is 228. The topological polar surface area (TPSA) is 61.0 Å². The molecule has 12 heavy (non-hydrogen) atoms. The Morgan fingerprint density at radius 2 is 2.08 bits per heavy atom. The lowest BCUT2D eigenvalue weighted by atomic mass is 10.1. The maximum absolute atomic E-state index is 13.0. The molecule has 0 aliphatic heterocycles. The van der Waals surface area contributed by atoms with E-state index in [-0.39, 0.29) is 12.0 Å². The molecule has 1 rings (SSSR count). The van der Waals surface area contributed by atoms with E-state index in [1.807, 2.05) is 6.92 Å². The maximum atomic E-state index is 13.0. The van der Waals surface area contributed by atoms with Crippen LogP contribution in [-0.4, -0.2) is 0 Å². The highest BCUT2D eigenvalue weighted by molar-refractivity contribution is 5.47. The van der Waals surface area contributed by atoms with Crippen LogP contribution < -0.4 is 11.9 Å². The van der Waals surface area contributed by atoms with Crippen molar-refractivity contribution in [2.45, 2.75) is 19.8 Å². The van der Waals surface area contributed by atoms with Crippen molar-refractivity contribution in [3.8, 4) is 0 Å². The lowest BCUT2D eigenvalue weighted by Gasteiger charge is -2.03. The molecule has 0 saturated carbocycles. The number of halogens is 1. The zero-order chi connectivity index (χ0) is 8.27. The Morgan fingerprint density at radius 3 is 2.58 bits per heavy atom. The predicted molar refractivity (Wildman–Crippen MR) is 49.8 cm³/mol. The first-order chi connectivity index (χ1) is 5.25. The van der Waals surface area contributed by atoms with Crippen LogP contribution >= 0.6 is 0 Å². The van der Waals surface area contributed by atoms with E-state index in [1.165, 1.54) is 6.07 Å². The van der Waals surface area contributed by atoms with Gasteiger partial charge in [-0.3, -0.25) is 0 Å². The fraction of sp³-hybridized carbons (Fsp3) is 0.333. The zero-order valence-electron chi connectivity index (χ0n) is 7.31. The second kappa shape index (κ2) is 4.72. The van der Waals surface area contributed by atoms with Crippen molar-refractivity contribution in [3.05, 3.63) is 29.6 Å². The van der Waals surface area contributed by atoms with Crippen molar-refractivity contribution in [1.82, 2.24) is 6.15 Å². The largest absolute Gasteiger partial charge is 0.398 e. The Kier molecular flexibility index (Phi) is 4.29. The van der Waals surface area contributed by atoms with Crippen molar-refractivity contribution in [2.24, 2.45) is 0 Å². The number of benzene rings is 1. The van der Waals surface area contributed by atoms with Crippen LogP contribution in [-0.2, 0) is 6.42 Å². The summed E-state index contributed by atoms with van der Waals surface area (Å²) in [7, 11) is 0. The number of rotatable bonds is 2. The van der Waals surface area contributed by atoms with Gasteiger partial charge in [-0.15, -0.1) is 0 Å². The summed E-state index contributed by atoms with van der Waals surface area (Å²) in [6.45, 7) is 2.01. The highest BCUT2D eigenvalue weighted by atomic mass is 19.1. The van der Waals surface area contributed by atoms with Crippen LogP contribution in [0.3, 0.4) is 0 Å². The van der Waals surface area contributed by atoms with Gasteiger partial charge in [0, 0.05) is 11.3 Å². The summed E-state index contributed by atoms with van der Waals surface area (Å²) in [5.41, 5.74) is 6.78. The van der Waals surface area contributed by atoms with Gasteiger partial charge < -0.3 is 11.9 Å². The minimum absolute atomic E-state index is 0. The van der Waals surface area contributed by atoms with Gasteiger partial charge in [0.05, 0.1) is 0 Å². The summed E-state index contributed by atoms with van der Waals surface area (Å²) in [5, 5.41) is 0. The highest BCUT2D eigenvalue weighted by Gasteiger charge is 2.02. The smallest absolute Gasteiger partial charge is 0.128 e. The Hall–Kier alpha value is -1.09. The van der Waals surface area contributed by atoms with Gasteiger partial charge in [0.15, 0.2) is 0 Å². The average molecular weight is 170 g/mol. The molecular weight excluding hydrogens is 155 g/mol. The summed E-state index contributed by atoms with van der Waals surface area (Å²) in [5.74, 6) is -0.188. The summed E-state index contributed by atoms with van der Waals surface area (Å²) < 4.78 is 13.0. The number of nitrogen functional groups attached to an aromatic ring is 1. The molecule has 68 valence electrons. The molecule has 0 unspecified atom stereocenters. The van der Waals surface area contributed by atoms with E-state index in [2.05, 4.69) is 0 Å². The van der Waals surface area contributed by atoms with Gasteiger partial charge in [-0.25, -0.2) is 4.39 Å². The standard InChI is InChI=1S/C9H12FN.H3N/c1-2-4-7-8(10)5-3-6-9(7)11;/h3,5-6H,2,4,11H2,1H3;1H3. The van der Waals surface area contributed by atoms with Crippen LogP contribution in [0.1, 0.15) is 18.9 Å². The van der Waals surface area contributed by atoms with Gasteiger partial charge in [0.1, 0.15) is 5.82 Å². The van der Waals surface area contributed by atoms with Crippen molar-refractivity contribution < 1.29 is 4.39 Å².